The van der Waals surface area contributed by atoms with E-state index in [1.54, 1.807) is 12.1 Å². The van der Waals surface area contributed by atoms with Gasteiger partial charge in [0.1, 0.15) is 12.2 Å². The van der Waals surface area contributed by atoms with Gasteiger partial charge < -0.3 is 15.2 Å². The molecule has 144 valence electrons. The zero-order valence-corrected chi connectivity index (χ0v) is 16.4. The average Bonchev–Trinajstić information content (AvgIpc) is 2.66. The smallest absolute Gasteiger partial charge is 0.338 e. The highest BCUT2D eigenvalue weighted by molar-refractivity contribution is 5.90. The molecular formula is C24H25NO3. The summed E-state index contributed by atoms with van der Waals surface area (Å²) in [5.74, 6) is 0.295. The van der Waals surface area contributed by atoms with E-state index in [0.29, 0.717) is 23.6 Å². The maximum Gasteiger partial charge on any atom is 0.338 e. The van der Waals surface area contributed by atoms with Gasteiger partial charge in [-0.2, -0.15) is 0 Å². The van der Waals surface area contributed by atoms with E-state index in [2.05, 4.69) is 0 Å². The van der Waals surface area contributed by atoms with Crippen LogP contribution in [0.25, 0.3) is 11.1 Å². The third-order valence-electron chi connectivity index (χ3n) is 4.10. The number of ether oxygens (including phenoxy) is 2. The molecule has 3 aromatic carbocycles. The topological polar surface area (TPSA) is 61.5 Å². The van der Waals surface area contributed by atoms with Gasteiger partial charge in [0.2, 0.25) is 0 Å². The lowest BCUT2D eigenvalue weighted by Gasteiger charge is -2.19. The van der Waals surface area contributed by atoms with Crippen molar-refractivity contribution >= 4 is 11.7 Å². The summed E-state index contributed by atoms with van der Waals surface area (Å²) in [5, 5.41) is 0. The molecule has 3 rings (SSSR count). The van der Waals surface area contributed by atoms with E-state index in [1.165, 1.54) is 0 Å². The zero-order valence-electron chi connectivity index (χ0n) is 16.4. The fourth-order valence-electron chi connectivity index (χ4n) is 2.80. The van der Waals surface area contributed by atoms with Crippen molar-refractivity contribution in [2.24, 2.45) is 0 Å². The highest BCUT2D eigenvalue weighted by atomic mass is 16.6. The second kappa shape index (κ2) is 8.17. The van der Waals surface area contributed by atoms with Crippen LogP contribution in [0.2, 0.25) is 0 Å². The monoisotopic (exact) mass is 375 g/mol. The van der Waals surface area contributed by atoms with Gasteiger partial charge in [-0.25, -0.2) is 4.79 Å². The Kier molecular flexibility index (Phi) is 5.69. The third kappa shape index (κ3) is 4.92. The Bertz CT molecular complexity index is 942. The highest BCUT2D eigenvalue weighted by Crippen LogP contribution is 2.35. The number of carbonyl (C=O) groups is 1. The van der Waals surface area contributed by atoms with Crippen molar-refractivity contribution in [3.8, 4) is 16.9 Å². The summed E-state index contributed by atoms with van der Waals surface area (Å²) in [4.78, 5) is 12.2. The molecule has 0 saturated heterocycles. The maximum atomic E-state index is 12.2. The van der Waals surface area contributed by atoms with Crippen molar-refractivity contribution in [3.05, 3.63) is 83.9 Å². The summed E-state index contributed by atoms with van der Waals surface area (Å²) in [6.07, 6.45) is 0. The second-order valence-corrected chi connectivity index (χ2v) is 7.58. The first-order chi connectivity index (χ1) is 13.3. The van der Waals surface area contributed by atoms with E-state index in [1.807, 2.05) is 81.4 Å². The van der Waals surface area contributed by atoms with Crippen LogP contribution in [0.4, 0.5) is 5.69 Å². The predicted molar refractivity (Wildman–Crippen MR) is 112 cm³/mol. The number of carbonyl (C=O) groups excluding carboxylic acids is 1. The summed E-state index contributed by atoms with van der Waals surface area (Å²) < 4.78 is 11.5. The van der Waals surface area contributed by atoms with Gasteiger partial charge in [-0.1, -0.05) is 54.6 Å². The fraction of sp³-hybridized carbons (Fsp3) is 0.208. The number of nitrogens with two attached hydrogens (primary N) is 1. The molecule has 0 aliphatic carbocycles. The summed E-state index contributed by atoms with van der Waals surface area (Å²) >= 11 is 0. The molecule has 4 nitrogen and oxygen atoms in total. The minimum atomic E-state index is -0.526. The van der Waals surface area contributed by atoms with Gasteiger partial charge in [-0.15, -0.1) is 0 Å². The largest absolute Gasteiger partial charge is 0.486 e. The molecular weight excluding hydrogens is 350 g/mol. The summed E-state index contributed by atoms with van der Waals surface area (Å²) in [7, 11) is 0. The number of rotatable bonds is 5. The molecule has 0 aliphatic rings. The zero-order chi connectivity index (χ0) is 20.1. The molecule has 0 unspecified atom stereocenters. The molecule has 0 saturated carbocycles. The SMILES string of the molecule is CC(C)(C)OC(=O)c1ccc(-c2cccc(N)c2OCc2ccccc2)cc1. The Balaban J connectivity index is 1.83. The van der Waals surface area contributed by atoms with Crippen molar-refractivity contribution in [1.29, 1.82) is 0 Å². The highest BCUT2D eigenvalue weighted by Gasteiger charge is 2.18. The quantitative estimate of drug-likeness (QED) is 0.474. The number of nitrogen functional groups attached to an aromatic ring is 1. The first-order valence-electron chi connectivity index (χ1n) is 9.22. The number of esters is 1. The normalized spacial score (nSPS) is 11.1. The van der Waals surface area contributed by atoms with Crippen molar-refractivity contribution < 1.29 is 14.3 Å². The van der Waals surface area contributed by atoms with Crippen LogP contribution >= 0.6 is 0 Å². The first kappa shape index (κ1) is 19.5. The van der Waals surface area contributed by atoms with E-state index in [0.717, 1.165) is 16.7 Å². The van der Waals surface area contributed by atoms with Crippen LogP contribution in [0, 0.1) is 0 Å². The molecule has 28 heavy (non-hydrogen) atoms. The molecule has 0 aromatic heterocycles. The van der Waals surface area contributed by atoms with Gasteiger partial charge >= 0.3 is 5.97 Å². The second-order valence-electron chi connectivity index (χ2n) is 7.58. The van der Waals surface area contributed by atoms with Crippen molar-refractivity contribution in [3.63, 3.8) is 0 Å². The first-order valence-corrected chi connectivity index (χ1v) is 9.22. The lowest BCUT2D eigenvalue weighted by molar-refractivity contribution is 0.00695. The molecule has 0 spiro atoms. The number of benzene rings is 3. The molecule has 2 N–H and O–H groups in total. The van der Waals surface area contributed by atoms with Crippen LogP contribution in [0.15, 0.2) is 72.8 Å². The van der Waals surface area contributed by atoms with Crippen LogP contribution in [-0.4, -0.2) is 11.6 Å². The van der Waals surface area contributed by atoms with Crippen LogP contribution in [-0.2, 0) is 11.3 Å². The molecule has 0 atom stereocenters. The van der Waals surface area contributed by atoms with Crippen molar-refractivity contribution in [1.82, 2.24) is 0 Å². The van der Waals surface area contributed by atoms with Crippen LogP contribution in [0.1, 0.15) is 36.7 Å². The maximum absolute atomic E-state index is 12.2. The summed E-state index contributed by atoms with van der Waals surface area (Å²) in [6, 6.07) is 22.9. The molecule has 0 amide bonds. The van der Waals surface area contributed by atoms with E-state index in [-0.39, 0.29) is 5.97 Å². The van der Waals surface area contributed by atoms with Gasteiger partial charge in [0.15, 0.2) is 5.75 Å². The molecule has 3 aromatic rings. The standard InChI is InChI=1S/C24H25NO3/c1-24(2,3)28-23(26)19-14-12-18(13-15-19)20-10-7-11-21(25)22(20)27-16-17-8-5-4-6-9-17/h4-15H,16,25H2,1-3H3. The minimum Gasteiger partial charge on any atom is -0.486 e. The number of hydrogen-bond donors (Lipinski definition) is 1. The van der Waals surface area contributed by atoms with Crippen molar-refractivity contribution in [2.45, 2.75) is 33.0 Å². The van der Waals surface area contributed by atoms with E-state index < -0.39 is 5.60 Å². The molecule has 0 bridgehead atoms. The lowest BCUT2D eigenvalue weighted by atomic mass is 10.0. The number of anilines is 1. The predicted octanol–water partition coefficient (Wildman–Crippen LogP) is 5.47. The minimum absolute atomic E-state index is 0.341. The van der Waals surface area contributed by atoms with Gasteiger partial charge in [-0.05, 0) is 50.1 Å². The van der Waals surface area contributed by atoms with Gasteiger partial charge in [0.25, 0.3) is 0 Å². The Hall–Kier alpha value is -3.27. The van der Waals surface area contributed by atoms with Crippen LogP contribution < -0.4 is 10.5 Å². The molecule has 0 radical (unpaired) electrons. The fourth-order valence-corrected chi connectivity index (χ4v) is 2.80. The average molecular weight is 375 g/mol. The van der Waals surface area contributed by atoms with Gasteiger partial charge in [0, 0.05) is 5.56 Å². The van der Waals surface area contributed by atoms with Gasteiger partial charge in [0.05, 0.1) is 11.3 Å². The summed E-state index contributed by atoms with van der Waals surface area (Å²) in [6.45, 7) is 5.98. The Morgan fingerprint density at radius 3 is 2.21 bits per heavy atom. The van der Waals surface area contributed by atoms with Gasteiger partial charge in [-0.3, -0.25) is 0 Å². The Labute approximate surface area is 165 Å². The van der Waals surface area contributed by atoms with E-state index >= 15 is 0 Å². The Morgan fingerprint density at radius 1 is 0.893 bits per heavy atom. The molecule has 0 aliphatic heterocycles. The molecule has 0 heterocycles. The molecule has 4 heteroatoms. The molecule has 0 fully saturated rings. The summed E-state index contributed by atoms with van der Waals surface area (Å²) in [5.41, 5.74) is 9.59. The number of para-hydroxylation sites is 1. The number of hydrogen-bond acceptors (Lipinski definition) is 4. The van der Waals surface area contributed by atoms with E-state index in [9.17, 15) is 4.79 Å². The Morgan fingerprint density at radius 2 is 1.57 bits per heavy atom. The third-order valence-corrected chi connectivity index (χ3v) is 4.10. The van der Waals surface area contributed by atoms with Crippen molar-refractivity contribution in [2.75, 3.05) is 5.73 Å². The van der Waals surface area contributed by atoms with Crippen LogP contribution in [0.3, 0.4) is 0 Å². The lowest BCUT2D eigenvalue weighted by Crippen LogP contribution is -2.23. The van der Waals surface area contributed by atoms with Crippen LogP contribution in [0.5, 0.6) is 5.75 Å². The van der Waals surface area contributed by atoms with E-state index in [4.69, 9.17) is 15.2 Å².